The summed E-state index contributed by atoms with van der Waals surface area (Å²) in [5, 5.41) is 11.0. The molecule has 0 aliphatic carbocycles. The van der Waals surface area contributed by atoms with Crippen molar-refractivity contribution in [2.24, 2.45) is 0 Å². The molecule has 0 aliphatic heterocycles. The lowest BCUT2D eigenvalue weighted by Gasteiger charge is -2.12. The van der Waals surface area contributed by atoms with Gasteiger partial charge >= 0.3 is 0 Å². The van der Waals surface area contributed by atoms with E-state index < -0.39 is 0 Å². The zero-order valence-electron chi connectivity index (χ0n) is 16.8. The predicted octanol–water partition coefficient (Wildman–Crippen LogP) is 4.60. The lowest BCUT2D eigenvalue weighted by molar-refractivity contribution is -0.114. The highest BCUT2D eigenvalue weighted by atomic mass is 35.5. The summed E-state index contributed by atoms with van der Waals surface area (Å²) >= 11 is 6.01. The van der Waals surface area contributed by atoms with Gasteiger partial charge in [0.2, 0.25) is 5.91 Å². The monoisotopic (exact) mass is 410 g/mol. The molecule has 0 spiro atoms. The van der Waals surface area contributed by atoms with Crippen LogP contribution < -0.4 is 10.6 Å². The number of hydrogen-bond acceptors (Lipinski definition) is 3. The first-order valence-corrected chi connectivity index (χ1v) is 9.68. The van der Waals surface area contributed by atoms with Crippen LogP contribution >= 0.6 is 11.6 Å². The van der Waals surface area contributed by atoms with Gasteiger partial charge in [0, 0.05) is 29.1 Å². The van der Waals surface area contributed by atoms with E-state index in [0.717, 1.165) is 22.5 Å². The van der Waals surface area contributed by atoms with Gasteiger partial charge in [-0.1, -0.05) is 23.7 Å². The lowest BCUT2D eigenvalue weighted by atomic mass is 10.1. The Balaban J connectivity index is 2.05. The van der Waals surface area contributed by atoms with E-state index in [2.05, 4.69) is 15.7 Å². The maximum absolute atomic E-state index is 12.2. The summed E-state index contributed by atoms with van der Waals surface area (Å²) in [6.07, 6.45) is 0. The maximum atomic E-state index is 12.2. The van der Waals surface area contributed by atoms with Crippen molar-refractivity contribution in [3.05, 3.63) is 64.8 Å². The molecule has 1 heterocycles. The molecule has 0 bridgehead atoms. The summed E-state index contributed by atoms with van der Waals surface area (Å²) < 4.78 is 1.67. The Bertz CT molecular complexity index is 1040. The number of halogens is 1. The summed E-state index contributed by atoms with van der Waals surface area (Å²) in [6, 6.07) is 14.5. The molecule has 0 saturated heterocycles. The molecule has 0 radical (unpaired) electrons. The number of anilines is 1. The molecule has 0 aliphatic rings. The van der Waals surface area contributed by atoms with Crippen LogP contribution in [0, 0.1) is 6.92 Å². The third kappa shape index (κ3) is 4.66. The second kappa shape index (κ2) is 8.49. The van der Waals surface area contributed by atoms with Crippen molar-refractivity contribution in [3.63, 3.8) is 0 Å². The number of aryl methyl sites for hydroxylation is 1. The molecule has 6 nitrogen and oxygen atoms in total. The average molecular weight is 411 g/mol. The minimum atomic E-state index is -0.200. The molecule has 0 atom stereocenters. The number of nitrogens with one attached hydrogen (secondary N) is 2. The van der Waals surface area contributed by atoms with E-state index >= 15 is 0 Å². The summed E-state index contributed by atoms with van der Waals surface area (Å²) in [4.78, 5) is 24.0. The van der Waals surface area contributed by atoms with Crippen molar-refractivity contribution in [1.29, 1.82) is 0 Å². The van der Waals surface area contributed by atoms with E-state index in [9.17, 15) is 9.59 Å². The standard InChI is InChI=1S/C22H23ClN4O2/c1-13(2)24-22(29)17-7-11-19(12-8-17)27-21(25-15(4)28)20(14(3)26-27)16-5-9-18(23)10-6-16/h5-13H,1-4H3,(H,24,29)(H,25,28). The van der Waals surface area contributed by atoms with Crippen molar-refractivity contribution < 1.29 is 9.59 Å². The number of carbonyl (C=O) groups is 2. The summed E-state index contributed by atoms with van der Waals surface area (Å²) in [5.41, 5.74) is 3.77. The van der Waals surface area contributed by atoms with Crippen LogP contribution in [0.1, 0.15) is 36.8 Å². The minimum Gasteiger partial charge on any atom is -0.350 e. The van der Waals surface area contributed by atoms with Gasteiger partial charge in [-0.2, -0.15) is 5.10 Å². The molecule has 2 N–H and O–H groups in total. The number of nitrogens with zero attached hydrogens (tertiary/aromatic N) is 2. The highest BCUT2D eigenvalue weighted by Gasteiger charge is 2.19. The first-order chi connectivity index (χ1) is 13.8. The normalized spacial score (nSPS) is 10.8. The first kappa shape index (κ1) is 20.6. The van der Waals surface area contributed by atoms with Crippen LogP contribution in [-0.4, -0.2) is 27.6 Å². The zero-order chi connectivity index (χ0) is 21.1. The van der Waals surface area contributed by atoms with Gasteiger partial charge in [-0.05, 0) is 62.7 Å². The molecular formula is C22H23ClN4O2. The summed E-state index contributed by atoms with van der Waals surface area (Å²) in [6.45, 7) is 7.17. The number of benzene rings is 2. The molecule has 0 fully saturated rings. The van der Waals surface area contributed by atoms with Gasteiger partial charge in [-0.15, -0.1) is 0 Å². The number of amides is 2. The number of hydrogen-bond donors (Lipinski definition) is 2. The topological polar surface area (TPSA) is 76.0 Å². The second-order valence-corrected chi connectivity index (χ2v) is 7.52. The molecule has 3 aromatic rings. The second-order valence-electron chi connectivity index (χ2n) is 7.08. The van der Waals surface area contributed by atoms with Crippen LogP contribution in [-0.2, 0) is 4.79 Å². The van der Waals surface area contributed by atoms with Crippen LogP contribution in [0.2, 0.25) is 5.02 Å². The quantitative estimate of drug-likeness (QED) is 0.645. The molecule has 3 rings (SSSR count). The maximum Gasteiger partial charge on any atom is 0.251 e. The van der Waals surface area contributed by atoms with Gasteiger partial charge in [0.15, 0.2) is 0 Å². The Morgan fingerprint density at radius 1 is 1.03 bits per heavy atom. The fraction of sp³-hybridized carbons (Fsp3) is 0.227. The van der Waals surface area contributed by atoms with E-state index in [-0.39, 0.29) is 17.9 Å². The van der Waals surface area contributed by atoms with Crippen LogP contribution in [0.3, 0.4) is 0 Å². The molecule has 7 heteroatoms. The van der Waals surface area contributed by atoms with Crippen molar-refractivity contribution in [3.8, 4) is 16.8 Å². The van der Waals surface area contributed by atoms with Crippen molar-refractivity contribution in [2.45, 2.75) is 33.7 Å². The predicted molar refractivity (Wildman–Crippen MR) is 116 cm³/mol. The first-order valence-electron chi connectivity index (χ1n) is 9.30. The summed E-state index contributed by atoms with van der Waals surface area (Å²) in [7, 11) is 0. The Labute approximate surface area is 174 Å². The van der Waals surface area contributed by atoms with Crippen molar-refractivity contribution in [2.75, 3.05) is 5.32 Å². The zero-order valence-corrected chi connectivity index (χ0v) is 17.5. The van der Waals surface area contributed by atoms with Crippen molar-refractivity contribution in [1.82, 2.24) is 15.1 Å². The molecule has 1 aromatic heterocycles. The fourth-order valence-electron chi connectivity index (χ4n) is 3.06. The van der Waals surface area contributed by atoms with Crippen LogP contribution in [0.15, 0.2) is 48.5 Å². The molecule has 0 unspecified atom stereocenters. The molecular weight excluding hydrogens is 388 g/mol. The third-order valence-corrected chi connectivity index (χ3v) is 4.53. The minimum absolute atomic E-state index is 0.0595. The van der Waals surface area contributed by atoms with Gasteiger partial charge in [-0.3, -0.25) is 9.59 Å². The SMILES string of the molecule is CC(=O)Nc1c(-c2ccc(Cl)cc2)c(C)nn1-c1ccc(C(=O)NC(C)C)cc1. The fourth-order valence-corrected chi connectivity index (χ4v) is 3.18. The van der Waals surface area contributed by atoms with Gasteiger partial charge in [-0.25, -0.2) is 4.68 Å². The number of rotatable bonds is 5. The average Bonchev–Trinajstić information content (AvgIpc) is 2.97. The smallest absolute Gasteiger partial charge is 0.251 e. The van der Waals surface area contributed by atoms with E-state index in [1.165, 1.54) is 6.92 Å². The van der Waals surface area contributed by atoms with Gasteiger partial charge < -0.3 is 10.6 Å². The number of carbonyl (C=O) groups excluding carboxylic acids is 2. The lowest BCUT2D eigenvalue weighted by Crippen LogP contribution is -2.30. The largest absolute Gasteiger partial charge is 0.350 e. The molecule has 0 saturated carbocycles. The third-order valence-electron chi connectivity index (χ3n) is 4.28. The van der Waals surface area contributed by atoms with E-state index in [1.54, 1.807) is 41.1 Å². The highest BCUT2D eigenvalue weighted by molar-refractivity contribution is 6.30. The van der Waals surface area contributed by atoms with Crippen molar-refractivity contribution >= 4 is 29.2 Å². The highest BCUT2D eigenvalue weighted by Crippen LogP contribution is 2.34. The van der Waals surface area contributed by atoms with E-state index in [1.807, 2.05) is 32.9 Å². The van der Waals surface area contributed by atoms with Crippen LogP contribution in [0.5, 0.6) is 0 Å². The Morgan fingerprint density at radius 3 is 2.21 bits per heavy atom. The van der Waals surface area contributed by atoms with Gasteiger partial charge in [0.05, 0.1) is 11.4 Å². The Kier molecular flexibility index (Phi) is 6.03. The van der Waals surface area contributed by atoms with Gasteiger partial charge in [0.1, 0.15) is 5.82 Å². The molecule has 2 aromatic carbocycles. The summed E-state index contributed by atoms with van der Waals surface area (Å²) in [5.74, 6) is 0.234. The van der Waals surface area contributed by atoms with Crippen LogP contribution in [0.25, 0.3) is 16.8 Å². The molecule has 150 valence electrons. The van der Waals surface area contributed by atoms with E-state index in [4.69, 9.17) is 11.6 Å². The van der Waals surface area contributed by atoms with Crippen LogP contribution in [0.4, 0.5) is 5.82 Å². The molecule has 2 amide bonds. The van der Waals surface area contributed by atoms with E-state index in [0.29, 0.717) is 16.4 Å². The Hall–Kier alpha value is -3.12. The van der Waals surface area contributed by atoms with Gasteiger partial charge in [0.25, 0.3) is 5.91 Å². The molecule has 29 heavy (non-hydrogen) atoms. The Morgan fingerprint density at radius 2 is 1.66 bits per heavy atom. The number of aromatic nitrogens is 2.